The van der Waals surface area contributed by atoms with Gasteiger partial charge in [0.25, 0.3) is 0 Å². The van der Waals surface area contributed by atoms with Crippen molar-refractivity contribution in [3.8, 4) is 0 Å². The lowest BCUT2D eigenvalue weighted by atomic mass is 9.93. The van der Waals surface area contributed by atoms with Crippen LogP contribution in [0.5, 0.6) is 0 Å². The molecule has 0 amide bonds. The van der Waals surface area contributed by atoms with Crippen LogP contribution in [0.3, 0.4) is 0 Å². The summed E-state index contributed by atoms with van der Waals surface area (Å²) in [5.41, 5.74) is 7.96. The van der Waals surface area contributed by atoms with Gasteiger partial charge in [-0.05, 0) is 24.6 Å². The van der Waals surface area contributed by atoms with Gasteiger partial charge in [0.15, 0.2) is 0 Å². The van der Waals surface area contributed by atoms with Crippen LogP contribution in [0.2, 0.25) is 0 Å². The summed E-state index contributed by atoms with van der Waals surface area (Å²) in [6.07, 6.45) is 0.988. The Kier molecular flexibility index (Phi) is 7.53. The Morgan fingerprint density at radius 3 is 2.53 bits per heavy atom. The summed E-state index contributed by atoms with van der Waals surface area (Å²) in [5, 5.41) is 0.0652. The van der Waals surface area contributed by atoms with E-state index < -0.39 is 33.6 Å². The minimum Gasteiger partial charge on any atom is -0.370 e. The van der Waals surface area contributed by atoms with Crippen molar-refractivity contribution in [2.75, 3.05) is 12.9 Å². The highest BCUT2D eigenvalue weighted by atomic mass is 35.5. The third-order valence-corrected chi connectivity index (χ3v) is 6.50. The molecule has 1 fully saturated rings. The van der Waals surface area contributed by atoms with E-state index in [-0.39, 0.29) is 41.6 Å². The lowest BCUT2D eigenvalue weighted by Gasteiger charge is -2.38. The van der Waals surface area contributed by atoms with Crippen molar-refractivity contribution >= 4 is 34.7 Å². The number of halogens is 4. The van der Waals surface area contributed by atoms with Crippen molar-refractivity contribution in [2.24, 2.45) is 12.8 Å². The van der Waals surface area contributed by atoms with Crippen LogP contribution >= 0.6 is 24.8 Å². The second kappa shape index (κ2) is 9.05. The van der Waals surface area contributed by atoms with Gasteiger partial charge in [0.05, 0.1) is 18.0 Å². The number of imidazole rings is 1. The molecule has 0 bridgehead atoms. The molecule has 0 radical (unpaired) electrons. The number of fused-ring (bicyclic) bond motifs is 1. The number of sulfone groups is 1. The molecular formula is C18H24Cl2F2N4O3S. The minimum absolute atomic E-state index is 0. The van der Waals surface area contributed by atoms with E-state index in [1.54, 1.807) is 11.6 Å². The van der Waals surface area contributed by atoms with Gasteiger partial charge in [-0.3, -0.25) is 4.90 Å². The predicted octanol–water partition coefficient (Wildman–Crippen LogP) is 2.12. The molecule has 1 saturated heterocycles. The quantitative estimate of drug-likeness (QED) is 0.717. The number of hydrogen-bond acceptors (Lipinski definition) is 6. The molecule has 0 unspecified atom stereocenters. The zero-order valence-corrected chi connectivity index (χ0v) is 18.9. The Bertz CT molecular complexity index is 1030. The molecule has 30 heavy (non-hydrogen) atoms. The van der Waals surface area contributed by atoms with Gasteiger partial charge in [0, 0.05) is 44.0 Å². The molecule has 0 aliphatic carbocycles. The fourth-order valence-corrected chi connectivity index (χ4v) is 4.95. The smallest absolute Gasteiger partial charge is 0.227 e. The zero-order valence-electron chi connectivity index (χ0n) is 16.4. The van der Waals surface area contributed by atoms with E-state index in [1.165, 1.54) is 0 Å². The average molecular weight is 485 g/mol. The van der Waals surface area contributed by atoms with Gasteiger partial charge in [-0.15, -0.1) is 24.8 Å². The van der Waals surface area contributed by atoms with E-state index in [4.69, 9.17) is 10.5 Å². The van der Waals surface area contributed by atoms with Gasteiger partial charge in [-0.2, -0.15) is 0 Å². The number of rotatable bonds is 3. The number of ether oxygens (including phenoxy) is 1. The van der Waals surface area contributed by atoms with Crippen molar-refractivity contribution in [3.63, 3.8) is 0 Å². The highest BCUT2D eigenvalue weighted by Gasteiger charge is 2.38. The summed E-state index contributed by atoms with van der Waals surface area (Å²) in [7, 11) is -1.69. The van der Waals surface area contributed by atoms with E-state index in [2.05, 4.69) is 9.88 Å². The van der Waals surface area contributed by atoms with E-state index in [9.17, 15) is 17.2 Å². The molecule has 2 aromatic rings. The van der Waals surface area contributed by atoms with Crippen LogP contribution in [0.15, 0.2) is 23.4 Å². The first-order valence-electron chi connectivity index (χ1n) is 8.96. The summed E-state index contributed by atoms with van der Waals surface area (Å²) in [6.45, 7) is 1.35. The average Bonchev–Trinajstić information content (AvgIpc) is 3.17. The molecule has 7 nitrogen and oxygen atoms in total. The monoisotopic (exact) mass is 484 g/mol. The zero-order chi connectivity index (χ0) is 20.2. The van der Waals surface area contributed by atoms with Crippen LogP contribution in [-0.2, 0) is 34.7 Å². The normalized spacial score (nSPS) is 24.1. The van der Waals surface area contributed by atoms with Crippen molar-refractivity contribution in [3.05, 3.63) is 46.8 Å². The van der Waals surface area contributed by atoms with E-state index in [0.717, 1.165) is 35.8 Å². The Balaban J connectivity index is 0.00000160. The molecule has 2 aliphatic rings. The molecule has 1 aromatic heterocycles. The topological polar surface area (TPSA) is 90.5 Å². The van der Waals surface area contributed by atoms with Crippen LogP contribution < -0.4 is 5.73 Å². The van der Waals surface area contributed by atoms with E-state index in [1.807, 2.05) is 0 Å². The lowest BCUT2D eigenvalue weighted by molar-refractivity contribution is -0.0535. The molecule has 168 valence electrons. The molecule has 3 heterocycles. The summed E-state index contributed by atoms with van der Waals surface area (Å²) in [4.78, 5) is 6.41. The molecule has 4 rings (SSSR count). The number of benzene rings is 1. The van der Waals surface area contributed by atoms with Crippen LogP contribution in [0, 0.1) is 11.6 Å². The molecule has 2 N–H and O–H groups in total. The number of hydrogen-bond donors (Lipinski definition) is 1. The molecule has 12 heteroatoms. The van der Waals surface area contributed by atoms with Crippen LogP contribution in [0.25, 0.3) is 0 Å². The largest absolute Gasteiger partial charge is 0.370 e. The second-order valence-corrected chi connectivity index (χ2v) is 9.41. The van der Waals surface area contributed by atoms with Gasteiger partial charge in [0.2, 0.25) is 15.0 Å². The molecule has 0 saturated carbocycles. The standard InChI is InChI=1S/C18H22F2N4O3S.2ClH/c1-23-16-8-24(7-15(16)22-18(23)28(2,25)26)11-6-14(21)17(27-9-11)12-5-10(19)3-4-13(12)20;;/h3-5,11,14,17H,6-9,21H2,1-2H3;2*1H/t11-,14+,17-;;/m1../s1. The van der Waals surface area contributed by atoms with Gasteiger partial charge in [-0.1, -0.05) is 0 Å². The summed E-state index contributed by atoms with van der Waals surface area (Å²) < 4.78 is 58.6. The van der Waals surface area contributed by atoms with Crippen LogP contribution in [0.4, 0.5) is 8.78 Å². The third kappa shape index (κ3) is 4.49. The fourth-order valence-electron chi connectivity index (χ4n) is 4.07. The first-order chi connectivity index (χ1) is 13.1. The van der Waals surface area contributed by atoms with Crippen molar-refractivity contribution < 1.29 is 21.9 Å². The van der Waals surface area contributed by atoms with E-state index in [0.29, 0.717) is 26.1 Å². The van der Waals surface area contributed by atoms with Crippen LogP contribution in [0.1, 0.15) is 29.5 Å². The van der Waals surface area contributed by atoms with Gasteiger partial charge in [0.1, 0.15) is 17.7 Å². The van der Waals surface area contributed by atoms with E-state index >= 15 is 0 Å². The summed E-state index contributed by atoms with van der Waals surface area (Å²) >= 11 is 0. The van der Waals surface area contributed by atoms with Crippen molar-refractivity contribution in [1.29, 1.82) is 0 Å². The Labute approximate surface area is 186 Å². The molecule has 0 spiro atoms. The van der Waals surface area contributed by atoms with Crippen molar-refractivity contribution in [1.82, 2.24) is 14.5 Å². The Hall–Kier alpha value is -1.30. The molecule has 2 aliphatic heterocycles. The molecule has 1 aromatic carbocycles. The maximum absolute atomic E-state index is 14.1. The van der Waals surface area contributed by atoms with Gasteiger partial charge >= 0.3 is 0 Å². The lowest BCUT2D eigenvalue weighted by Crippen LogP contribution is -2.47. The molecular weight excluding hydrogens is 461 g/mol. The number of nitrogens with two attached hydrogens (primary N) is 1. The Morgan fingerprint density at radius 2 is 1.93 bits per heavy atom. The number of nitrogens with zero attached hydrogens (tertiary/aromatic N) is 3. The SMILES string of the molecule is Cl.Cl.Cn1c(S(C)(=O)=O)nc2c1CN([C@H]1CO[C@H](c3cc(F)ccc3F)[C@@H](N)C1)C2. The summed E-state index contributed by atoms with van der Waals surface area (Å²) in [5.74, 6) is -1.07. The maximum atomic E-state index is 14.1. The highest BCUT2D eigenvalue weighted by Crippen LogP contribution is 2.34. The first-order valence-corrected chi connectivity index (χ1v) is 10.8. The van der Waals surface area contributed by atoms with Crippen LogP contribution in [-0.4, -0.2) is 47.8 Å². The highest BCUT2D eigenvalue weighted by molar-refractivity contribution is 7.90. The predicted molar refractivity (Wildman–Crippen MR) is 111 cm³/mol. The fraction of sp³-hybridized carbons (Fsp3) is 0.500. The first kappa shape index (κ1) is 25.0. The Morgan fingerprint density at radius 1 is 1.23 bits per heavy atom. The third-order valence-electron chi connectivity index (χ3n) is 5.48. The maximum Gasteiger partial charge on any atom is 0.227 e. The van der Waals surface area contributed by atoms with Gasteiger partial charge < -0.3 is 15.0 Å². The van der Waals surface area contributed by atoms with Gasteiger partial charge in [-0.25, -0.2) is 22.2 Å². The summed E-state index contributed by atoms with van der Waals surface area (Å²) in [6, 6.07) is 2.77. The minimum atomic E-state index is -3.39. The molecule has 3 atom stereocenters. The second-order valence-electron chi connectivity index (χ2n) is 7.50. The van der Waals surface area contributed by atoms with Crippen molar-refractivity contribution in [2.45, 2.75) is 42.9 Å². The number of aromatic nitrogens is 2.